The number of rotatable bonds is 3. The third kappa shape index (κ3) is 2.77. The fraction of sp³-hybridized carbons (Fsp3) is 0.154. The van der Waals surface area contributed by atoms with Gasteiger partial charge in [-0.1, -0.05) is 30.3 Å². The third-order valence-electron chi connectivity index (χ3n) is 2.81. The van der Waals surface area contributed by atoms with Crippen LogP contribution in [0.3, 0.4) is 0 Å². The standard InChI is InChI=1S/C13H14N4O3/c1-17-12(19)10(11(14)16-13(17)20)15-9(18)7-8-5-3-2-4-6-8/h2-6H,7,14H2,1H3,(H,15,18)(H,16,20). The van der Waals surface area contributed by atoms with Crippen molar-refractivity contribution >= 4 is 17.4 Å². The number of nitrogen functional groups attached to an aromatic ring is 1. The van der Waals surface area contributed by atoms with Crippen molar-refractivity contribution in [2.24, 2.45) is 7.05 Å². The molecule has 0 unspecified atom stereocenters. The first-order valence-corrected chi connectivity index (χ1v) is 5.91. The molecule has 0 saturated carbocycles. The van der Waals surface area contributed by atoms with Gasteiger partial charge in [0.1, 0.15) is 11.5 Å². The van der Waals surface area contributed by atoms with Crippen LogP contribution in [0.4, 0.5) is 11.5 Å². The van der Waals surface area contributed by atoms with Crippen molar-refractivity contribution in [2.45, 2.75) is 6.42 Å². The third-order valence-corrected chi connectivity index (χ3v) is 2.81. The normalized spacial score (nSPS) is 10.2. The van der Waals surface area contributed by atoms with Gasteiger partial charge in [-0.2, -0.15) is 0 Å². The fourth-order valence-electron chi connectivity index (χ4n) is 1.72. The van der Waals surface area contributed by atoms with Gasteiger partial charge in [-0.3, -0.25) is 19.1 Å². The highest BCUT2D eigenvalue weighted by atomic mass is 16.2. The van der Waals surface area contributed by atoms with E-state index in [0.717, 1.165) is 10.1 Å². The van der Waals surface area contributed by atoms with Gasteiger partial charge in [0.05, 0.1) is 6.42 Å². The molecule has 20 heavy (non-hydrogen) atoms. The first-order chi connectivity index (χ1) is 9.49. The number of nitrogens with two attached hydrogens (primary N) is 1. The van der Waals surface area contributed by atoms with Crippen LogP contribution in [0, 0.1) is 0 Å². The summed E-state index contributed by atoms with van der Waals surface area (Å²) in [5.41, 5.74) is 4.96. The van der Waals surface area contributed by atoms with Crippen molar-refractivity contribution < 1.29 is 4.79 Å². The number of benzene rings is 1. The average Bonchev–Trinajstić information content (AvgIpc) is 2.42. The van der Waals surface area contributed by atoms with Gasteiger partial charge in [-0.25, -0.2) is 4.79 Å². The zero-order valence-corrected chi connectivity index (χ0v) is 10.8. The van der Waals surface area contributed by atoms with Gasteiger partial charge in [0.15, 0.2) is 0 Å². The van der Waals surface area contributed by atoms with E-state index in [1.54, 1.807) is 12.1 Å². The number of hydrogen-bond donors (Lipinski definition) is 3. The number of aromatic amines is 1. The highest BCUT2D eigenvalue weighted by molar-refractivity contribution is 5.94. The maximum Gasteiger partial charge on any atom is 0.329 e. The molecule has 1 aromatic heterocycles. The van der Waals surface area contributed by atoms with Crippen LogP contribution in [0.5, 0.6) is 0 Å². The lowest BCUT2D eigenvalue weighted by atomic mass is 10.1. The number of aromatic nitrogens is 2. The predicted octanol–water partition coefficient (Wildman–Crippen LogP) is -0.163. The van der Waals surface area contributed by atoms with E-state index >= 15 is 0 Å². The Morgan fingerprint density at radius 2 is 1.95 bits per heavy atom. The highest BCUT2D eigenvalue weighted by Crippen LogP contribution is 2.08. The molecule has 7 nitrogen and oxygen atoms in total. The maximum absolute atomic E-state index is 11.9. The van der Waals surface area contributed by atoms with Gasteiger partial charge >= 0.3 is 5.69 Å². The van der Waals surface area contributed by atoms with Crippen molar-refractivity contribution in [1.82, 2.24) is 9.55 Å². The molecule has 0 aliphatic carbocycles. The van der Waals surface area contributed by atoms with Crippen LogP contribution < -0.4 is 22.3 Å². The molecule has 4 N–H and O–H groups in total. The smallest absolute Gasteiger partial charge is 0.329 e. The molecule has 0 saturated heterocycles. The molecule has 0 aliphatic rings. The van der Waals surface area contributed by atoms with Crippen molar-refractivity contribution in [1.29, 1.82) is 0 Å². The Hall–Kier alpha value is -2.83. The first-order valence-electron chi connectivity index (χ1n) is 5.91. The molecule has 1 heterocycles. The molecule has 1 aromatic carbocycles. The number of H-pyrrole nitrogens is 1. The number of hydrogen-bond acceptors (Lipinski definition) is 4. The molecule has 0 bridgehead atoms. The molecule has 1 amide bonds. The minimum atomic E-state index is -0.646. The van der Waals surface area contributed by atoms with Gasteiger partial charge < -0.3 is 11.1 Å². The van der Waals surface area contributed by atoms with E-state index in [0.29, 0.717) is 0 Å². The Labute approximate surface area is 114 Å². The average molecular weight is 274 g/mol. The van der Waals surface area contributed by atoms with Crippen molar-refractivity contribution in [2.75, 3.05) is 11.1 Å². The molecular formula is C13H14N4O3. The molecule has 0 aliphatic heterocycles. The van der Waals surface area contributed by atoms with Crippen LogP contribution in [0.1, 0.15) is 5.56 Å². The number of amides is 1. The fourth-order valence-corrected chi connectivity index (χ4v) is 1.72. The second-order valence-electron chi connectivity index (χ2n) is 4.29. The minimum Gasteiger partial charge on any atom is -0.383 e. The van der Waals surface area contributed by atoms with Crippen LogP contribution in [-0.4, -0.2) is 15.5 Å². The Morgan fingerprint density at radius 3 is 2.60 bits per heavy atom. The van der Waals surface area contributed by atoms with Crippen molar-refractivity contribution in [3.05, 3.63) is 56.7 Å². The van der Waals surface area contributed by atoms with Gasteiger partial charge in [0, 0.05) is 7.05 Å². The van der Waals surface area contributed by atoms with Crippen LogP contribution in [-0.2, 0) is 18.3 Å². The number of nitrogens with one attached hydrogen (secondary N) is 2. The summed E-state index contributed by atoms with van der Waals surface area (Å²) < 4.78 is 0.842. The van der Waals surface area contributed by atoms with Crippen LogP contribution in [0.2, 0.25) is 0 Å². The molecule has 104 valence electrons. The second kappa shape index (κ2) is 5.43. The van der Waals surface area contributed by atoms with Crippen LogP contribution in [0.15, 0.2) is 39.9 Å². The highest BCUT2D eigenvalue weighted by Gasteiger charge is 2.13. The summed E-state index contributed by atoms with van der Waals surface area (Å²) in [6.45, 7) is 0. The topological polar surface area (TPSA) is 110 Å². The predicted molar refractivity (Wildman–Crippen MR) is 75.5 cm³/mol. The van der Waals surface area contributed by atoms with E-state index in [9.17, 15) is 14.4 Å². The summed E-state index contributed by atoms with van der Waals surface area (Å²) in [5, 5.41) is 2.43. The van der Waals surface area contributed by atoms with E-state index in [1.165, 1.54) is 7.05 Å². The molecule has 7 heteroatoms. The lowest BCUT2D eigenvalue weighted by Gasteiger charge is -2.08. The van der Waals surface area contributed by atoms with Gasteiger partial charge in [-0.05, 0) is 5.56 Å². The number of carbonyl (C=O) groups is 1. The molecule has 0 spiro atoms. The van der Waals surface area contributed by atoms with E-state index in [2.05, 4.69) is 10.3 Å². The van der Waals surface area contributed by atoms with Crippen LogP contribution in [0.25, 0.3) is 0 Å². The summed E-state index contributed by atoms with van der Waals surface area (Å²) in [7, 11) is 1.30. The monoisotopic (exact) mass is 274 g/mol. The number of nitrogens with zero attached hydrogens (tertiary/aromatic N) is 1. The number of anilines is 2. The molecular weight excluding hydrogens is 260 g/mol. The zero-order chi connectivity index (χ0) is 14.7. The first kappa shape index (κ1) is 13.6. The van der Waals surface area contributed by atoms with Gasteiger partial charge in [0.25, 0.3) is 5.56 Å². The van der Waals surface area contributed by atoms with Crippen molar-refractivity contribution in [3.8, 4) is 0 Å². The molecule has 0 radical (unpaired) electrons. The van der Waals surface area contributed by atoms with Crippen molar-refractivity contribution in [3.63, 3.8) is 0 Å². The second-order valence-corrected chi connectivity index (χ2v) is 4.29. The Bertz CT molecular complexity index is 746. The van der Waals surface area contributed by atoms with Gasteiger partial charge in [-0.15, -0.1) is 0 Å². The maximum atomic E-state index is 11.9. The molecule has 2 rings (SSSR count). The summed E-state index contributed by atoms with van der Waals surface area (Å²) in [5.74, 6) is -0.536. The SMILES string of the molecule is Cn1c(=O)[nH]c(N)c(NC(=O)Cc2ccccc2)c1=O. The largest absolute Gasteiger partial charge is 0.383 e. The number of carbonyl (C=O) groups excluding carboxylic acids is 1. The Balaban J connectivity index is 2.23. The van der Waals surface area contributed by atoms with Gasteiger partial charge in [0.2, 0.25) is 5.91 Å². The lowest BCUT2D eigenvalue weighted by molar-refractivity contribution is -0.115. The Kier molecular flexibility index (Phi) is 3.69. The summed E-state index contributed by atoms with van der Waals surface area (Å²) in [6.07, 6.45) is 0.114. The molecule has 0 fully saturated rings. The summed E-state index contributed by atoms with van der Waals surface area (Å²) in [4.78, 5) is 37.3. The Morgan fingerprint density at radius 1 is 1.30 bits per heavy atom. The van der Waals surface area contributed by atoms with E-state index in [4.69, 9.17) is 5.73 Å². The van der Waals surface area contributed by atoms with Crippen LogP contribution >= 0.6 is 0 Å². The minimum absolute atomic E-state index is 0.114. The van der Waals surface area contributed by atoms with E-state index in [-0.39, 0.29) is 23.8 Å². The summed E-state index contributed by atoms with van der Waals surface area (Å²) in [6, 6.07) is 9.07. The molecule has 0 atom stereocenters. The van der Waals surface area contributed by atoms with E-state index in [1.807, 2.05) is 18.2 Å². The van der Waals surface area contributed by atoms with E-state index < -0.39 is 11.2 Å². The zero-order valence-electron chi connectivity index (χ0n) is 10.8. The lowest BCUT2D eigenvalue weighted by Crippen LogP contribution is -2.36. The quantitative estimate of drug-likeness (QED) is 0.722. The summed E-state index contributed by atoms with van der Waals surface area (Å²) >= 11 is 0. The molecule has 2 aromatic rings.